The minimum Gasteiger partial charge on any atom is -0.437 e. The number of ether oxygens (including phenoxy) is 2. The van der Waals surface area contributed by atoms with E-state index in [-0.39, 0.29) is 12.5 Å². The fraction of sp³-hybridized carbons (Fsp3) is 0.700. The van der Waals surface area contributed by atoms with Crippen molar-refractivity contribution in [3.05, 3.63) is 0 Å². The van der Waals surface area contributed by atoms with E-state index in [2.05, 4.69) is 14.8 Å². The predicted molar refractivity (Wildman–Crippen MR) is 64.7 cm³/mol. The molecule has 0 aliphatic heterocycles. The summed E-state index contributed by atoms with van der Waals surface area (Å²) in [5, 5.41) is 10.9. The average Bonchev–Trinajstić information content (AvgIpc) is 2.30. The van der Waals surface area contributed by atoms with Crippen molar-refractivity contribution in [3.8, 4) is 0 Å². The van der Waals surface area contributed by atoms with Crippen molar-refractivity contribution in [1.82, 2.24) is 5.32 Å². The molecule has 7 nitrogen and oxygen atoms in total. The average molecular weight is 279 g/mol. The van der Waals surface area contributed by atoms with Crippen LogP contribution in [0.15, 0.2) is 0 Å². The fourth-order valence-corrected chi connectivity index (χ4v) is 1.71. The highest BCUT2D eigenvalue weighted by atomic mass is 32.2. The molecule has 18 heavy (non-hydrogen) atoms. The Hall–Kier alpha value is -1.12. The summed E-state index contributed by atoms with van der Waals surface area (Å²) in [4.78, 5) is 33.6. The summed E-state index contributed by atoms with van der Waals surface area (Å²) in [6, 6.07) is -0.953. The third-order valence-electron chi connectivity index (χ3n) is 1.71. The molecular weight excluding hydrogens is 262 g/mol. The summed E-state index contributed by atoms with van der Waals surface area (Å²) in [6.45, 7) is 2.34. The smallest absolute Gasteiger partial charge is 0.331 e. The van der Waals surface area contributed by atoms with Gasteiger partial charge < -0.3 is 19.9 Å². The number of hydrogen-bond acceptors (Lipinski definition) is 7. The van der Waals surface area contributed by atoms with Gasteiger partial charge in [-0.2, -0.15) is 0 Å². The maximum Gasteiger partial charge on any atom is 0.331 e. The van der Waals surface area contributed by atoms with Crippen LogP contribution in [0.5, 0.6) is 0 Å². The highest BCUT2D eigenvalue weighted by molar-refractivity contribution is 8.13. The predicted octanol–water partition coefficient (Wildman–Crippen LogP) is -0.721. The van der Waals surface area contributed by atoms with Crippen LogP contribution in [0.2, 0.25) is 0 Å². The van der Waals surface area contributed by atoms with Gasteiger partial charge in [-0.05, 0) is 6.92 Å². The number of hydrogen-bond donors (Lipinski definition) is 2. The summed E-state index contributed by atoms with van der Waals surface area (Å²) < 4.78 is 9.25. The van der Waals surface area contributed by atoms with Crippen LogP contribution in [0.25, 0.3) is 0 Å². The van der Waals surface area contributed by atoms with Gasteiger partial charge in [-0.15, -0.1) is 0 Å². The van der Waals surface area contributed by atoms with Gasteiger partial charge in [0.15, 0.2) is 6.79 Å². The lowest BCUT2D eigenvalue weighted by Crippen LogP contribution is -2.43. The summed E-state index contributed by atoms with van der Waals surface area (Å²) in [7, 11) is 1.35. The largest absolute Gasteiger partial charge is 0.437 e. The number of carbonyl (C=O) groups is 3. The lowest BCUT2D eigenvalue weighted by atomic mass is 10.3. The monoisotopic (exact) mass is 279 g/mol. The van der Waals surface area contributed by atoms with Crippen LogP contribution < -0.4 is 5.32 Å². The molecule has 0 spiro atoms. The number of rotatable bonds is 7. The second kappa shape index (κ2) is 8.90. The zero-order valence-electron chi connectivity index (χ0n) is 10.5. The van der Waals surface area contributed by atoms with Gasteiger partial charge in [0.2, 0.25) is 11.0 Å². The van der Waals surface area contributed by atoms with Gasteiger partial charge in [0.1, 0.15) is 12.1 Å². The van der Waals surface area contributed by atoms with Gasteiger partial charge >= 0.3 is 5.97 Å². The Bertz CT molecular complexity index is 307. The number of nitrogens with one attached hydrogen (secondary N) is 1. The summed E-state index contributed by atoms with van der Waals surface area (Å²) >= 11 is 0.751. The van der Waals surface area contributed by atoms with Gasteiger partial charge in [-0.3, -0.25) is 9.59 Å². The Kier molecular flexibility index (Phi) is 8.34. The maximum absolute atomic E-state index is 11.5. The van der Waals surface area contributed by atoms with Crippen LogP contribution in [-0.4, -0.2) is 53.9 Å². The van der Waals surface area contributed by atoms with E-state index in [0.717, 1.165) is 11.8 Å². The Labute approximate surface area is 109 Å². The first kappa shape index (κ1) is 16.9. The Morgan fingerprint density at radius 2 is 2.00 bits per heavy atom. The van der Waals surface area contributed by atoms with Crippen molar-refractivity contribution in [1.29, 1.82) is 0 Å². The lowest BCUT2D eigenvalue weighted by molar-refractivity contribution is -0.156. The molecule has 0 aliphatic carbocycles. The normalized spacial score (nSPS) is 13.6. The third kappa shape index (κ3) is 7.25. The van der Waals surface area contributed by atoms with E-state index in [4.69, 9.17) is 5.11 Å². The molecule has 104 valence electrons. The number of thioether (sulfide) groups is 1. The molecule has 2 N–H and O–H groups in total. The molecule has 0 aliphatic rings. The number of aliphatic hydroxyl groups is 1. The maximum atomic E-state index is 11.5. The SMILES string of the molecule is COCOC(=O)C(CSC(=O)C(C)O)NC(C)=O. The van der Waals surface area contributed by atoms with Crippen LogP contribution in [0.1, 0.15) is 13.8 Å². The van der Waals surface area contributed by atoms with Crippen LogP contribution >= 0.6 is 11.8 Å². The number of carbonyl (C=O) groups excluding carboxylic acids is 3. The van der Waals surface area contributed by atoms with Crippen LogP contribution in [0, 0.1) is 0 Å². The standard InChI is InChI=1S/C10H17NO6S/c1-6(12)10(15)18-4-8(11-7(2)13)9(14)17-5-16-3/h6,8,12H,4-5H2,1-3H3,(H,11,13). The second-order valence-corrected chi connectivity index (χ2v) is 4.45. The molecule has 0 bridgehead atoms. The molecule has 0 heterocycles. The van der Waals surface area contributed by atoms with E-state index in [0.29, 0.717) is 0 Å². The topological polar surface area (TPSA) is 102 Å². The molecule has 0 aromatic rings. The minimum atomic E-state index is -1.12. The molecule has 0 radical (unpaired) electrons. The molecular formula is C10H17NO6S. The van der Waals surface area contributed by atoms with Gasteiger partial charge in [0.25, 0.3) is 0 Å². The quantitative estimate of drug-likeness (QED) is 0.468. The van der Waals surface area contributed by atoms with Gasteiger partial charge in [-0.1, -0.05) is 11.8 Å². The van der Waals surface area contributed by atoms with E-state index in [1.54, 1.807) is 0 Å². The molecule has 0 saturated heterocycles. The third-order valence-corrected chi connectivity index (χ3v) is 2.84. The molecule has 0 aromatic heterocycles. The number of esters is 1. The van der Waals surface area contributed by atoms with Crippen molar-refractivity contribution >= 4 is 28.8 Å². The Morgan fingerprint density at radius 3 is 2.44 bits per heavy atom. The molecule has 2 unspecified atom stereocenters. The fourth-order valence-electron chi connectivity index (χ4n) is 0.918. The minimum absolute atomic E-state index is 0.00807. The molecule has 0 saturated carbocycles. The zero-order chi connectivity index (χ0) is 14.1. The second-order valence-electron chi connectivity index (χ2n) is 3.43. The first-order valence-electron chi connectivity index (χ1n) is 5.15. The summed E-state index contributed by atoms with van der Waals surface area (Å²) in [5.74, 6) is -1.12. The summed E-state index contributed by atoms with van der Waals surface area (Å²) in [5.41, 5.74) is 0. The van der Waals surface area contributed by atoms with Crippen molar-refractivity contribution in [3.63, 3.8) is 0 Å². The van der Waals surface area contributed by atoms with Crippen LogP contribution in [0.3, 0.4) is 0 Å². The van der Waals surface area contributed by atoms with Crippen molar-refractivity contribution in [2.24, 2.45) is 0 Å². The Balaban J connectivity index is 4.35. The number of methoxy groups -OCH3 is 1. The van der Waals surface area contributed by atoms with E-state index >= 15 is 0 Å². The van der Waals surface area contributed by atoms with Crippen LogP contribution in [0.4, 0.5) is 0 Å². The van der Waals surface area contributed by atoms with Crippen LogP contribution in [-0.2, 0) is 23.9 Å². The zero-order valence-corrected chi connectivity index (χ0v) is 11.3. The van der Waals surface area contributed by atoms with Crippen molar-refractivity contribution in [2.75, 3.05) is 19.7 Å². The highest BCUT2D eigenvalue weighted by Gasteiger charge is 2.23. The van der Waals surface area contributed by atoms with E-state index in [9.17, 15) is 14.4 Å². The van der Waals surface area contributed by atoms with Crippen molar-refractivity contribution in [2.45, 2.75) is 26.0 Å². The first-order chi connectivity index (χ1) is 8.38. The molecule has 8 heteroatoms. The van der Waals surface area contributed by atoms with Gasteiger partial charge in [-0.25, -0.2) is 4.79 Å². The first-order valence-corrected chi connectivity index (χ1v) is 6.14. The Morgan fingerprint density at radius 1 is 1.39 bits per heavy atom. The molecule has 1 amide bonds. The van der Waals surface area contributed by atoms with E-state index in [1.165, 1.54) is 21.0 Å². The molecule has 0 fully saturated rings. The lowest BCUT2D eigenvalue weighted by Gasteiger charge is -2.16. The van der Waals surface area contributed by atoms with E-state index < -0.39 is 29.1 Å². The highest BCUT2D eigenvalue weighted by Crippen LogP contribution is 2.09. The van der Waals surface area contributed by atoms with Gasteiger partial charge in [0, 0.05) is 19.8 Å². The van der Waals surface area contributed by atoms with Crippen molar-refractivity contribution < 1.29 is 29.0 Å². The summed E-state index contributed by atoms with van der Waals surface area (Å²) in [6.07, 6.45) is -1.12. The number of amides is 1. The number of aliphatic hydroxyl groups excluding tert-OH is 1. The molecule has 0 aromatic carbocycles. The molecule has 2 atom stereocenters. The van der Waals surface area contributed by atoms with E-state index in [1.807, 2.05) is 0 Å². The van der Waals surface area contributed by atoms with Gasteiger partial charge in [0.05, 0.1) is 0 Å². The molecule has 0 rings (SSSR count).